The fraction of sp³-hybridized carbons (Fsp3) is 0.385. The number of aliphatic carboxylic acids is 1. The van der Waals surface area contributed by atoms with Crippen molar-refractivity contribution in [2.45, 2.75) is 24.8 Å². The number of hydrogen-bond acceptors (Lipinski definition) is 5. The fourth-order valence-corrected chi connectivity index (χ4v) is 3.12. The summed E-state index contributed by atoms with van der Waals surface area (Å²) in [6.07, 6.45) is 0. The van der Waals surface area contributed by atoms with Crippen LogP contribution in [0.3, 0.4) is 0 Å². The Kier molecular flexibility index (Phi) is 5.45. The minimum atomic E-state index is -4.04. The monoisotopic (exact) mass is 315 g/mol. The van der Waals surface area contributed by atoms with Crippen molar-refractivity contribution in [2.75, 3.05) is 7.11 Å². The van der Waals surface area contributed by atoms with Gasteiger partial charge in [0.2, 0.25) is 10.0 Å². The van der Waals surface area contributed by atoms with Gasteiger partial charge in [-0.05, 0) is 19.1 Å². The van der Waals surface area contributed by atoms with Gasteiger partial charge in [0.25, 0.3) is 0 Å². The molecule has 8 heteroatoms. The van der Waals surface area contributed by atoms with Crippen molar-refractivity contribution < 1.29 is 27.9 Å². The molecule has 0 bridgehead atoms. The second-order valence-electron chi connectivity index (χ2n) is 4.52. The molecule has 1 aromatic carbocycles. The third-order valence-corrected chi connectivity index (χ3v) is 4.68. The van der Waals surface area contributed by atoms with Crippen molar-refractivity contribution in [3.63, 3.8) is 0 Å². The van der Waals surface area contributed by atoms with E-state index in [0.29, 0.717) is 0 Å². The third kappa shape index (κ3) is 4.02. The number of esters is 1. The number of carboxylic acids is 1. The molecule has 116 valence electrons. The number of carbonyl (C=O) groups excluding carboxylic acids is 1. The largest absolute Gasteiger partial charge is 0.481 e. The van der Waals surface area contributed by atoms with E-state index < -0.39 is 33.9 Å². The molecular formula is C13H17NO6S. The molecule has 0 aromatic heterocycles. The zero-order valence-electron chi connectivity index (χ0n) is 11.9. The molecule has 0 aliphatic carbocycles. The summed E-state index contributed by atoms with van der Waals surface area (Å²) in [7, 11) is -2.89. The van der Waals surface area contributed by atoms with E-state index in [1.807, 2.05) is 0 Å². The summed E-state index contributed by atoms with van der Waals surface area (Å²) < 4.78 is 31.4. The standard InChI is InChI=1S/C13H17NO6S/c1-8(12(15)16)9(2)14-21(18,19)11-7-5-4-6-10(11)13(17)20-3/h4-9,14H,1-3H3,(H,15,16). The lowest BCUT2D eigenvalue weighted by Gasteiger charge is -2.18. The molecule has 0 heterocycles. The topological polar surface area (TPSA) is 110 Å². The van der Waals surface area contributed by atoms with Crippen LogP contribution >= 0.6 is 0 Å². The van der Waals surface area contributed by atoms with Crippen LogP contribution in [0, 0.1) is 5.92 Å². The van der Waals surface area contributed by atoms with Gasteiger partial charge in [0.1, 0.15) is 0 Å². The Balaban J connectivity index is 3.15. The number of nitrogens with one attached hydrogen (secondary N) is 1. The molecule has 7 nitrogen and oxygen atoms in total. The summed E-state index contributed by atoms with van der Waals surface area (Å²) in [5.41, 5.74) is -0.109. The van der Waals surface area contributed by atoms with Gasteiger partial charge in [0, 0.05) is 6.04 Å². The van der Waals surface area contributed by atoms with Crippen molar-refractivity contribution in [1.29, 1.82) is 0 Å². The quantitative estimate of drug-likeness (QED) is 0.753. The smallest absolute Gasteiger partial charge is 0.339 e. The number of carbonyl (C=O) groups is 2. The maximum absolute atomic E-state index is 12.3. The van der Waals surface area contributed by atoms with E-state index in [1.54, 1.807) is 0 Å². The molecule has 2 N–H and O–H groups in total. The van der Waals surface area contributed by atoms with Crippen molar-refractivity contribution >= 4 is 22.0 Å². The number of hydrogen-bond donors (Lipinski definition) is 2. The van der Waals surface area contributed by atoms with Gasteiger partial charge in [-0.15, -0.1) is 0 Å². The lowest BCUT2D eigenvalue weighted by Crippen LogP contribution is -2.40. The summed E-state index contributed by atoms with van der Waals surface area (Å²) in [6, 6.07) is 4.72. The molecule has 2 unspecified atom stereocenters. The van der Waals surface area contributed by atoms with Crippen molar-refractivity contribution in [1.82, 2.24) is 4.72 Å². The number of carboxylic acid groups (broad SMARTS) is 1. The Morgan fingerprint density at radius 3 is 2.33 bits per heavy atom. The molecule has 0 spiro atoms. The van der Waals surface area contributed by atoms with Crippen LogP contribution in [-0.2, 0) is 19.6 Å². The van der Waals surface area contributed by atoms with E-state index in [9.17, 15) is 18.0 Å². The first-order chi connectivity index (χ1) is 9.70. The predicted octanol–water partition coefficient (Wildman–Crippen LogP) is 0.861. The average molecular weight is 315 g/mol. The van der Waals surface area contributed by atoms with E-state index in [1.165, 1.54) is 38.1 Å². The second-order valence-corrected chi connectivity index (χ2v) is 6.21. The van der Waals surface area contributed by atoms with E-state index in [-0.39, 0.29) is 10.5 Å². The van der Waals surface area contributed by atoms with Crippen molar-refractivity contribution in [3.8, 4) is 0 Å². The van der Waals surface area contributed by atoms with Gasteiger partial charge in [0.15, 0.2) is 0 Å². The molecule has 1 aromatic rings. The fourth-order valence-electron chi connectivity index (χ4n) is 1.60. The molecule has 21 heavy (non-hydrogen) atoms. The van der Waals surface area contributed by atoms with Gasteiger partial charge in [0.05, 0.1) is 23.5 Å². The average Bonchev–Trinajstić information content (AvgIpc) is 2.44. The maximum atomic E-state index is 12.3. The summed E-state index contributed by atoms with van der Waals surface area (Å²) in [4.78, 5) is 22.2. The molecule has 0 fully saturated rings. The molecule has 0 saturated carbocycles. The van der Waals surface area contributed by atoms with E-state index in [2.05, 4.69) is 9.46 Å². The zero-order valence-corrected chi connectivity index (χ0v) is 12.7. The van der Waals surface area contributed by atoms with Gasteiger partial charge in [-0.1, -0.05) is 19.1 Å². The molecular weight excluding hydrogens is 298 g/mol. The van der Waals surface area contributed by atoms with Gasteiger partial charge in [-0.2, -0.15) is 0 Å². The van der Waals surface area contributed by atoms with Crippen LogP contribution in [-0.4, -0.2) is 38.6 Å². The lowest BCUT2D eigenvalue weighted by molar-refractivity contribution is -0.141. The van der Waals surface area contributed by atoms with E-state index in [0.717, 1.165) is 7.11 Å². The van der Waals surface area contributed by atoms with E-state index >= 15 is 0 Å². The Hall–Kier alpha value is -1.93. The van der Waals surface area contributed by atoms with Crippen LogP contribution in [0.5, 0.6) is 0 Å². The number of methoxy groups -OCH3 is 1. The molecule has 0 amide bonds. The molecule has 0 aliphatic rings. The molecule has 0 saturated heterocycles. The maximum Gasteiger partial charge on any atom is 0.339 e. The minimum Gasteiger partial charge on any atom is -0.481 e. The summed E-state index contributed by atoms with van der Waals surface area (Å²) >= 11 is 0. The first-order valence-corrected chi connectivity index (χ1v) is 7.61. The molecule has 2 atom stereocenters. The first kappa shape index (κ1) is 17.1. The predicted molar refractivity (Wildman–Crippen MR) is 74.4 cm³/mol. The third-order valence-electron chi connectivity index (χ3n) is 3.06. The Bertz CT molecular complexity index is 640. The highest BCUT2D eigenvalue weighted by atomic mass is 32.2. The van der Waals surface area contributed by atoms with Gasteiger partial charge in [-0.25, -0.2) is 17.9 Å². The Morgan fingerprint density at radius 2 is 1.81 bits per heavy atom. The highest BCUT2D eigenvalue weighted by Crippen LogP contribution is 2.17. The van der Waals surface area contributed by atoms with Gasteiger partial charge >= 0.3 is 11.9 Å². The SMILES string of the molecule is COC(=O)c1ccccc1S(=O)(=O)NC(C)C(C)C(=O)O. The van der Waals surface area contributed by atoms with Crippen molar-refractivity contribution in [3.05, 3.63) is 29.8 Å². The van der Waals surface area contributed by atoms with Crippen LogP contribution in [0.1, 0.15) is 24.2 Å². The second kappa shape index (κ2) is 6.68. The van der Waals surface area contributed by atoms with Gasteiger partial charge in [-0.3, -0.25) is 4.79 Å². The summed E-state index contributed by atoms with van der Waals surface area (Å²) in [6.45, 7) is 2.83. The Labute approximate surface area is 123 Å². The molecule has 0 aliphatic heterocycles. The van der Waals surface area contributed by atoms with Crippen LogP contribution < -0.4 is 4.72 Å². The first-order valence-electron chi connectivity index (χ1n) is 6.13. The highest BCUT2D eigenvalue weighted by Gasteiger charge is 2.28. The van der Waals surface area contributed by atoms with E-state index in [4.69, 9.17) is 5.11 Å². The molecule has 1 rings (SSSR count). The zero-order chi connectivity index (χ0) is 16.2. The normalized spacial score (nSPS) is 14.2. The number of rotatable bonds is 6. The van der Waals surface area contributed by atoms with Crippen LogP contribution in [0.4, 0.5) is 0 Å². The Morgan fingerprint density at radius 1 is 1.24 bits per heavy atom. The highest BCUT2D eigenvalue weighted by molar-refractivity contribution is 7.89. The van der Waals surface area contributed by atoms with Crippen LogP contribution in [0.25, 0.3) is 0 Å². The summed E-state index contributed by atoms with van der Waals surface area (Å²) in [5, 5.41) is 8.89. The minimum absolute atomic E-state index is 0.109. The summed E-state index contributed by atoms with van der Waals surface area (Å²) in [5.74, 6) is -2.81. The van der Waals surface area contributed by atoms with Gasteiger partial charge < -0.3 is 9.84 Å². The van der Waals surface area contributed by atoms with Crippen molar-refractivity contribution in [2.24, 2.45) is 5.92 Å². The number of benzene rings is 1. The van der Waals surface area contributed by atoms with Crippen LogP contribution in [0.15, 0.2) is 29.2 Å². The lowest BCUT2D eigenvalue weighted by atomic mass is 10.1. The van der Waals surface area contributed by atoms with Crippen LogP contribution in [0.2, 0.25) is 0 Å². The molecule has 0 radical (unpaired) electrons. The number of ether oxygens (including phenoxy) is 1. The number of sulfonamides is 1.